The molecule has 2 aliphatic rings. The van der Waals surface area contributed by atoms with Gasteiger partial charge in [-0.2, -0.15) is 0 Å². The van der Waals surface area contributed by atoms with Crippen molar-refractivity contribution in [1.29, 1.82) is 0 Å². The van der Waals surface area contributed by atoms with Gasteiger partial charge in [0.2, 0.25) is 6.73 Å². The lowest BCUT2D eigenvalue weighted by Crippen LogP contribution is -3.16. The number of sulfone groups is 1. The van der Waals surface area contributed by atoms with E-state index in [4.69, 9.17) is 9.15 Å². The molecule has 28 heavy (non-hydrogen) atoms. The molecule has 2 aromatic carbocycles. The van der Waals surface area contributed by atoms with Crippen LogP contribution in [0.2, 0.25) is 0 Å². The highest BCUT2D eigenvalue weighted by molar-refractivity contribution is 7.91. The molecule has 0 amide bonds. The Morgan fingerprint density at radius 1 is 1.21 bits per heavy atom. The number of hydrogen-bond donors (Lipinski definition) is 1. The SMILES string of the molecule is CC(=O)c1c(C)oc2c1c1c(c3ccccc32)OC[NH+]([C@H]2CCS(=O)(=O)C2)C1. The summed E-state index contributed by atoms with van der Waals surface area (Å²) in [5.41, 5.74) is 2.25. The van der Waals surface area contributed by atoms with Crippen molar-refractivity contribution in [3.8, 4) is 5.75 Å². The molecule has 6 nitrogen and oxygen atoms in total. The van der Waals surface area contributed by atoms with Crippen molar-refractivity contribution in [2.45, 2.75) is 32.9 Å². The highest BCUT2D eigenvalue weighted by Gasteiger charge is 2.39. The molecule has 0 bridgehead atoms. The lowest BCUT2D eigenvalue weighted by atomic mass is 9.95. The predicted octanol–water partition coefficient (Wildman–Crippen LogP) is 2.02. The summed E-state index contributed by atoms with van der Waals surface area (Å²) in [4.78, 5) is 13.5. The number of aryl methyl sites for hydroxylation is 1. The van der Waals surface area contributed by atoms with Crippen molar-refractivity contribution in [3.63, 3.8) is 0 Å². The number of benzene rings is 2. The van der Waals surface area contributed by atoms with Crippen LogP contribution in [0.3, 0.4) is 0 Å². The Morgan fingerprint density at radius 2 is 1.96 bits per heavy atom. The molecule has 0 radical (unpaired) electrons. The van der Waals surface area contributed by atoms with E-state index in [2.05, 4.69) is 0 Å². The fourth-order valence-corrected chi connectivity index (χ4v) is 6.58. The monoisotopic (exact) mass is 400 g/mol. The number of carbonyl (C=O) groups excluding carboxylic acids is 1. The maximum Gasteiger partial charge on any atom is 0.222 e. The lowest BCUT2D eigenvalue weighted by molar-refractivity contribution is -0.953. The summed E-state index contributed by atoms with van der Waals surface area (Å²) in [7, 11) is -2.97. The maximum atomic E-state index is 12.4. The Balaban J connectivity index is 1.74. The van der Waals surface area contributed by atoms with Crippen molar-refractivity contribution in [2.24, 2.45) is 0 Å². The first-order valence-electron chi connectivity index (χ1n) is 9.51. The summed E-state index contributed by atoms with van der Waals surface area (Å²) >= 11 is 0. The Bertz CT molecular complexity index is 1240. The zero-order valence-electron chi connectivity index (χ0n) is 15.9. The van der Waals surface area contributed by atoms with Gasteiger partial charge in [0.1, 0.15) is 35.4 Å². The van der Waals surface area contributed by atoms with Crippen LogP contribution in [0.4, 0.5) is 0 Å². The highest BCUT2D eigenvalue weighted by Crippen LogP contribution is 2.42. The van der Waals surface area contributed by atoms with Crippen molar-refractivity contribution in [3.05, 3.63) is 41.2 Å². The molecular formula is C21H22NO5S+. The standard InChI is InChI=1S/C21H21NO5S/c1-12(23)18-13(2)27-21-16-6-4-3-5-15(16)20-17(19(18)21)9-22(11-26-20)14-7-8-28(24,25)10-14/h3-6,14H,7-11H2,1-2H3/p+1/t14-/m0/s1. The average molecular weight is 400 g/mol. The molecule has 3 heterocycles. The van der Waals surface area contributed by atoms with Gasteiger partial charge >= 0.3 is 0 Å². The summed E-state index contributed by atoms with van der Waals surface area (Å²) in [5, 5.41) is 2.71. The number of carbonyl (C=O) groups is 1. The van der Waals surface area contributed by atoms with Gasteiger partial charge in [-0.1, -0.05) is 24.3 Å². The molecule has 146 valence electrons. The molecule has 2 aliphatic heterocycles. The van der Waals surface area contributed by atoms with E-state index in [9.17, 15) is 13.2 Å². The number of rotatable bonds is 2. The van der Waals surface area contributed by atoms with E-state index in [1.165, 1.54) is 0 Å². The Kier molecular flexibility index (Phi) is 3.83. The second kappa shape index (κ2) is 6.06. The van der Waals surface area contributed by atoms with Gasteiger partial charge in [0.25, 0.3) is 0 Å². The first kappa shape index (κ1) is 17.7. The van der Waals surface area contributed by atoms with Gasteiger partial charge in [-0.3, -0.25) is 9.69 Å². The lowest BCUT2D eigenvalue weighted by Gasteiger charge is -2.31. The van der Waals surface area contributed by atoms with Gasteiger partial charge < -0.3 is 9.15 Å². The Hall–Kier alpha value is -2.38. The molecule has 1 aromatic heterocycles. The van der Waals surface area contributed by atoms with E-state index < -0.39 is 9.84 Å². The van der Waals surface area contributed by atoms with Crippen LogP contribution in [-0.2, 0) is 16.4 Å². The summed E-state index contributed by atoms with van der Waals surface area (Å²) in [6.45, 7) is 4.41. The normalized spacial score (nSPS) is 23.6. The Morgan fingerprint density at radius 3 is 2.64 bits per heavy atom. The first-order valence-corrected chi connectivity index (χ1v) is 11.3. The van der Waals surface area contributed by atoms with E-state index in [0.29, 0.717) is 36.6 Å². The predicted molar refractivity (Wildman–Crippen MR) is 106 cm³/mol. The zero-order valence-corrected chi connectivity index (χ0v) is 16.7. The molecule has 0 saturated carbocycles. The number of Topliss-reactive ketones (excluding diaryl/α,β-unsaturated/α-hetero) is 1. The summed E-state index contributed by atoms with van der Waals surface area (Å²) in [5.74, 6) is 1.80. The maximum absolute atomic E-state index is 12.4. The van der Waals surface area contributed by atoms with Crippen LogP contribution in [0.5, 0.6) is 5.75 Å². The quantitative estimate of drug-likeness (QED) is 0.666. The zero-order chi connectivity index (χ0) is 19.6. The summed E-state index contributed by atoms with van der Waals surface area (Å²) < 4.78 is 36.1. The van der Waals surface area contributed by atoms with Crippen LogP contribution in [-0.4, -0.2) is 38.5 Å². The number of fused-ring (bicyclic) bond motifs is 6. The largest absolute Gasteiger partial charge is 0.460 e. The molecule has 1 N–H and O–H groups in total. The number of hydrogen-bond acceptors (Lipinski definition) is 5. The minimum absolute atomic E-state index is 0.0217. The number of furan rings is 1. The minimum Gasteiger partial charge on any atom is -0.460 e. The number of nitrogens with one attached hydrogen (secondary N) is 1. The fraction of sp³-hybridized carbons (Fsp3) is 0.381. The van der Waals surface area contributed by atoms with Gasteiger partial charge in [0.15, 0.2) is 15.6 Å². The van der Waals surface area contributed by atoms with E-state index in [1.54, 1.807) is 6.92 Å². The van der Waals surface area contributed by atoms with Crippen LogP contribution >= 0.6 is 0 Å². The van der Waals surface area contributed by atoms with Crippen molar-refractivity contribution < 1.29 is 27.3 Å². The van der Waals surface area contributed by atoms with Crippen LogP contribution in [0.1, 0.15) is 35.0 Å². The molecule has 7 heteroatoms. The molecule has 1 saturated heterocycles. The summed E-state index contributed by atoms with van der Waals surface area (Å²) in [6.07, 6.45) is 0.650. The fourth-order valence-electron chi connectivity index (χ4n) is 4.76. The second-order valence-electron chi connectivity index (χ2n) is 7.87. The van der Waals surface area contributed by atoms with Crippen molar-refractivity contribution in [1.82, 2.24) is 0 Å². The number of ether oxygens (including phenoxy) is 1. The molecule has 2 atom stereocenters. The van der Waals surface area contributed by atoms with E-state index >= 15 is 0 Å². The average Bonchev–Trinajstić information content (AvgIpc) is 3.21. The van der Waals surface area contributed by atoms with Crippen molar-refractivity contribution >= 4 is 37.4 Å². The number of ketones is 1. The van der Waals surface area contributed by atoms with Gasteiger partial charge in [-0.15, -0.1) is 0 Å². The molecule has 5 rings (SSSR count). The summed E-state index contributed by atoms with van der Waals surface area (Å²) in [6, 6.07) is 7.92. The van der Waals surface area contributed by atoms with Gasteiger partial charge in [-0.25, -0.2) is 8.42 Å². The molecular weight excluding hydrogens is 378 g/mol. The topological polar surface area (TPSA) is 78.0 Å². The molecule has 1 unspecified atom stereocenters. The molecule has 1 fully saturated rings. The van der Waals surface area contributed by atoms with E-state index in [0.717, 1.165) is 32.4 Å². The molecule has 0 spiro atoms. The minimum atomic E-state index is -2.97. The number of quaternary nitrogens is 1. The van der Waals surface area contributed by atoms with Gasteiger partial charge in [0.05, 0.1) is 16.9 Å². The third-order valence-electron chi connectivity index (χ3n) is 6.04. The third-order valence-corrected chi connectivity index (χ3v) is 7.81. The van der Waals surface area contributed by atoms with Crippen molar-refractivity contribution in [2.75, 3.05) is 18.2 Å². The smallest absolute Gasteiger partial charge is 0.222 e. The first-order chi connectivity index (χ1) is 13.4. The molecule has 0 aliphatic carbocycles. The van der Waals surface area contributed by atoms with Crippen LogP contribution in [0.15, 0.2) is 28.7 Å². The molecule has 3 aromatic rings. The van der Waals surface area contributed by atoms with Crippen LogP contribution in [0, 0.1) is 6.92 Å². The van der Waals surface area contributed by atoms with Crippen LogP contribution in [0.25, 0.3) is 21.7 Å². The Labute approximate surface area is 163 Å². The highest BCUT2D eigenvalue weighted by atomic mass is 32.2. The third kappa shape index (κ3) is 2.57. The van der Waals surface area contributed by atoms with Gasteiger partial charge in [0, 0.05) is 22.6 Å². The second-order valence-corrected chi connectivity index (χ2v) is 10.1. The van der Waals surface area contributed by atoms with E-state index in [-0.39, 0.29) is 23.3 Å². The van der Waals surface area contributed by atoms with Crippen LogP contribution < -0.4 is 9.64 Å². The van der Waals surface area contributed by atoms with E-state index in [1.807, 2.05) is 31.2 Å². The van der Waals surface area contributed by atoms with Gasteiger partial charge in [-0.05, 0) is 13.8 Å².